The van der Waals surface area contributed by atoms with Gasteiger partial charge in [-0.15, -0.1) is 0 Å². The number of aliphatic imine (C=N–C) groups is 1. The number of aliphatic hydroxyl groups is 4. The molecule has 0 rings (SSSR count). The number of nitrogens with one attached hydrogen (secondary N) is 3. The number of aliphatic hydroxyl groups excluding tert-OH is 4. The molecule has 192 valence electrons. The Balaban J connectivity index is 4.01. The van der Waals surface area contributed by atoms with Gasteiger partial charge in [0.05, 0.1) is 5.84 Å². The standard InChI is InChI=1S/C22H43N5O6/c1-25-13-7-10-15(23)9-5-3-4-6-12-17(24)27-14-8-11-16(28)18(29)19(30)20(31)21(32)22(33)26-2/h18-21,23,25,29-32H,3-14H2,1-2H3,(H2,24,27)(H,26,33)/t18-,19+,20+,21-/m0/s1. The molecule has 0 spiro atoms. The molecule has 0 aliphatic rings. The van der Waals surface area contributed by atoms with E-state index in [0.29, 0.717) is 18.7 Å². The minimum atomic E-state index is -2.00. The van der Waals surface area contributed by atoms with Crippen molar-refractivity contribution >= 4 is 23.2 Å². The normalized spacial score (nSPS) is 15.5. The second-order valence-electron chi connectivity index (χ2n) is 8.15. The van der Waals surface area contributed by atoms with Crippen molar-refractivity contribution in [3.8, 4) is 0 Å². The number of carbonyl (C=O) groups is 2. The Morgan fingerprint density at radius 3 is 2.03 bits per heavy atom. The molecule has 0 saturated carbocycles. The first-order chi connectivity index (χ1) is 15.6. The molecule has 0 radical (unpaired) electrons. The molecule has 9 N–H and O–H groups in total. The predicted octanol–water partition coefficient (Wildman–Crippen LogP) is -0.758. The summed E-state index contributed by atoms with van der Waals surface area (Å²) in [6.45, 7) is 1.22. The maximum Gasteiger partial charge on any atom is 0.251 e. The molecule has 0 saturated heterocycles. The van der Waals surface area contributed by atoms with E-state index in [2.05, 4.69) is 15.6 Å². The van der Waals surface area contributed by atoms with Crippen LogP contribution < -0.4 is 16.4 Å². The molecule has 11 nitrogen and oxygen atoms in total. The first-order valence-electron chi connectivity index (χ1n) is 11.6. The van der Waals surface area contributed by atoms with Crippen LogP contribution in [0.5, 0.6) is 0 Å². The molecule has 4 atom stereocenters. The average Bonchev–Trinajstić information content (AvgIpc) is 2.81. The number of rotatable bonds is 20. The number of amides is 1. The van der Waals surface area contributed by atoms with Gasteiger partial charge >= 0.3 is 0 Å². The van der Waals surface area contributed by atoms with Crippen molar-refractivity contribution in [2.24, 2.45) is 10.7 Å². The Bertz CT molecular complexity index is 616. The zero-order valence-electron chi connectivity index (χ0n) is 19.9. The van der Waals surface area contributed by atoms with Crippen molar-refractivity contribution in [1.29, 1.82) is 5.41 Å². The van der Waals surface area contributed by atoms with Gasteiger partial charge in [0.2, 0.25) is 0 Å². The lowest BCUT2D eigenvalue weighted by atomic mass is 9.97. The number of nitrogens with two attached hydrogens (primary N) is 1. The van der Waals surface area contributed by atoms with Gasteiger partial charge < -0.3 is 42.2 Å². The number of unbranched alkanes of at least 4 members (excludes halogenated alkanes) is 3. The van der Waals surface area contributed by atoms with Crippen molar-refractivity contribution in [2.75, 3.05) is 27.2 Å². The Labute approximate surface area is 196 Å². The largest absolute Gasteiger partial charge is 0.387 e. The van der Waals surface area contributed by atoms with E-state index in [9.17, 15) is 30.0 Å². The summed E-state index contributed by atoms with van der Waals surface area (Å²) in [7, 11) is 3.14. The Hall–Kier alpha value is -1.92. The number of nitrogens with zero attached hydrogens (tertiary/aromatic N) is 1. The first kappa shape index (κ1) is 31.1. The zero-order valence-corrected chi connectivity index (χ0v) is 19.9. The van der Waals surface area contributed by atoms with Crippen molar-refractivity contribution in [1.82, 2.24) is 10.6 Å². The Morgan fingerprint density at radius 2 is 1.42 bits per heavy atom. The van der Waals surface area contributed by atoms with E-state index in [-0.39, 0.29) is 13.0 Å². The molecule has 0 unspecified atom stereocenters. The highest BCUT2D eigenvalue weighted by atomic mass is 16.4. The van der Waals surface area contributed by atoms with E-state index in [4.69, 9.17) is 11.1 Å². The number of hydrogen-bond acceptors (Lipinski definition) is 9. The second kappa shape index (κ2) is 18.5. The van der Waals surface area contributed by atoms with Crippen LogP contribution in [0, 0.1) is 5.41 Å². The Kier molecular flexibility index (Phi) is 17.4. The lowest BCUT2D eigenvalue weighted by Gasteiger charge is -2.24. The predicted molar refractivity (Wildman–Crippen MR) is 127 cm³/mol. The van der Waals surface area contributed by atoms with Gasteiger partial charge in [-0.2, -0.15) is 0 Å². The van der Waals surface area contributed by atoms with Crippen LogP contribution in [-0.4, -0.2) is 95.3 Å². The van der Waals surface area contributed by atoms with Crippen LogP contribution in [0.25, 0.3) is 0 Å². The number of likely N-dealkylation sites (N-methyl/N-ethyl adjacent to an activating group) is 1. The number of amidine groups is 1. The molecule has 0 aliphatic heterocycles. The molecule has 33 heavy (non-hydrogen) atoms. The maximum atomic E-state index is 12.0. The van der Waals surface area contributed by atoms with Crippen LogP contribution in [0.4, 0.5) is 0 Å². The molecule has 0 fully saturated rings. The smallest absolute Gasteiger partial charge is 0.251 e. The topological polar surface area (TPSA) is 201 Å². The van der Waals surface area contributed by atoms with Gasteiger partial charge in [0.15, 0.2) is 11.9 Å². The van der Waals surface area contributed by atoms with Crippen molar-refractivity contribution in [2.45, 2.75) is 88.6 Å². The molecule has 11 heteroatoms. The Morgan fingerprint density at radius 1 is 0.848 bits per heavy atom. The molecule has 0 bridgehead atoms. The van der Waals surface area contributed by atoms with E-state index in [1.807, 2.05) is 7.05 Å². The van der Waals surface area contributed by atoms with Crippen molar-refractivity contribution < 1.29 is 30.0 Å². The van der Waals surface area contributed by atoms with Crippen LogP contribution >= 0.6 is 0 Å². The third-order valence-corrected chi connectivity index (χ3v) is 5.30. The number of carbonyl (C=O) groups excluding carboxylic acids is 2. The number of ketones is 1. The third kappa shape index (κ3) is 14.1. The van der Waals surface area contributed by atoms with Crippen LogP contribution in [0.1, 0.15) is 64.2 Å². The van der Waals surface area contributed by atoms with E-state index < -0.39 is 36.1 Å². The summed E-state index contributed by atoms with van der Waals surface area (Å²) < 4.78 is 0. The van der Waals surface area contributed by atoms with Crippen LogP contribution in [0.2, 0.25) is 0 Å². The van der Waals surface area contributed by atoms with Gasteiger partial charge in [0, 0.05) is 32.1 Å². The van der Waals surface area contributed by atoms with Crippen molar-refractivity contribution in [3.05, 3.63) is 0 Å². The molecule has 0 aromatic carbocycles. The monoisotopic (exact) mass is 473 g/mol. The van der Waals surface area contributed by atoms with Crippen LogP contribution in [-0.2, 0) is 9.59 Å². The highest BCUT2D eigenvalue weighted by Crippen LogP contribution is 2.10. The van der Waals surface area contributed by atoms with Crippen LogP contribution in [0.3, 0.4) is 0 Å². The van der Waals surface area contributed by atoms with E-state index in [1.165, 1.54) is 7.05 Å². The van der Waals surface area contributed by atoms with Gasteiger partial charge in [0.1, 0.15) is 18.3 Å². The summed E-state index contributed by atoms with van der Waals surface area (Å²) in [5, 5.41) is 52.1. The molecule has 0 aliphatic carbocycles. The van der Waals surface area contributed by atoms with E-state index >= 15 is 0 Å². The minimum Gasteiger partial charge on any atom is -0.387 e. The molecule has 0 heterocycles. The summed E-state index contributed by atoms with van der Waals surface area (Å²) in [6.07, 6.45) is -0.405. The van der Waals surface area contributed by atoms with Gasteiger partial charge in [-0.3, -0.25) is 14.6 Å². The molecular weight excluding hydrogens is 430 g/mol. The molecule has 0 aromatic rings. The average molecular weight is 474 g/mol. The van der Waals surface area contributed by atoms with Crippen molar-refractivity contribution in [3.63, 3.8) is 0 Å². The highest BCUT2D eigenvalue weighted by molar-refractivity contribution is 5.84. The second-order valence-corrected chi connectivity index (χ2v) is 8.15. The fraction of sp³-hybridized carbons (Fsp3) is 0.818. The zero-order chi connectivity index (χ0) is 25.2. The highest BCUT2D eigenvalue weighted by Gasteiger charge is 2.36. The molecular formula is C22H43N5O6. The van der Waals surface area contributed by atoms with Gasteiger partial charge in [-0.25, -0.2) is 0 Å². The summed E-state index contributed by atoms with van der Waals surface area (Å²) >= 11 is 0. The fourth-order valence-electron chi connectivity index (χ4n) is 3.17. The maximum absolute atomic E-state index is 12.0. The molecule has 1 amide bonds. The van der Waals surface area contributed by atoms with E-state index in [1.54, 1.807) is 0 Å². The van der Waals surface area contributed by atoms with Gasteiger partial charge in [-0.05, 0) is 52.1 Å². The summed E-state index contributed by atoms with van der Waals surface area (Å²) in [5.41, 5.74) is 6.68. The summed E-state index contributed by atoms with van der Waals surface area (Å²) in [4.78, 5) is 27.5. The lowest BCUT2D eigenvalue weighted by Crippen LogP contribution is -2.52. The van der Waals surface area contributed by atoms with Crippen LogP contribution in [0.15, 0.2) is 4.99 Å². The summed E-state index contributed by atoms with van der Waals surface area (Å²) in [6, 6.07) is 0. The molecule has 0 aromatic heterocycles. The number of hydrogen-bond donors (Lipinski definition) is 8. The first-order valence-corrected chi connectivity index (χ1v) is 11.6. The fourth-order valence-corrected chi connectivity index (χ4v) is 3.17. The SMILES string of the molecule is CNCCCC(=N)CCCCCCC(N)=NCCCC(=O)[C@H](O)[C@@H](O)[C@@H](O)[C@H](O)C(=O)NC. The van der Waals surface area contributed by atoms with E-state index in [0.717, 1.165) is 57.2 Å². The van der Waals surface area contributed by atoms with Gasteiger partial charge in [0.25, 0.3) is 5.91 Å². The lowest BCUT2D eigenvalue weighted by molar-refractivity contribution is -0.154. The third-order valence-electron chi connectivity index (χ3n) is 5.30. The quantitative estimate of drug-likeness (QED) is 0.0640. The van der Waals surface area contributed by atoms with Gasteiger partial charge in [-0.1, -0.05) is 12.8 Å². The summed E-state index contributed by atoms with van der Waals surface area (Å²) in [5.74, 6) is -1.17. The number of Topliss-reactive ketones (excluding diaryl/α,β-unsaturated/α-hetero) is 1. The minimum absolute atomic E-state index is 0.0991.